The van der Waals surface area contributed by atoms with Crippen LogP contribution < -0.4 is 14.2 Å². The van der Waals surface area contributed by atoms with E-state index in [-0.39, 0.29) is 15.7 Å². The van der Waals surface area contributed by atoms with Gasteiger partial charge < -0.3 is 13.6 Å². The fourth-order valence-electron chi connectivity index (χ4n) is 1.97. The first kappa shape index (κ1) is 18.4. The highest BCUT2D eigenvalue weighted by Crippen LogP contribution is 2.36. The number of fused-ring (bicyclic) bond motifs is 1. The Morgan fingerprint density at radius 2 is 2.08 bits per heavy atom. The first-order valence-corrected chi connectivity index (χ1v) is 9.68. The molecule has 0 atom stereocenters. The van der Waals surface area contributed by atoms with Gasteiger partial charge in [0.05, 0.1) is 18.5 Å². The molecule has 2 N–H and O–H groups in total. The summed E-state index contributed by atoms with van der Waals surface area (Å²) in [5.41, 5.74) is 1.03. The molecule has 0 saturated heterocycles. The number of amides is 1. The maximum Gasteiger partial charge on any atom is 0.412 e. The molecule has 2 aromatic rings. The highest BCUT2D eigenvalue weighted by molar-refractivity contribution is 8.15. The minimum atomic E-state index is -4.02. The van der Waals surface area contributed by atoms with E-state index in [0.29, 0.717) is 16.5 Å². The maximum absolute atomic E-state index is 12.3. The Bertz CT molecular complexity index is 995. The number of carbonyl (C=O) groups is 1. The van der Waals surface area contributed by atoms with Gasteiger partial charge in [0.15, 0.2) is 5.17 Å². The van der Waals surface area contributed by atoms with Gasteiger partial charge in [-0.25, -0.2) is 9.79 Å². The van der Waals surface area contributed by atoms with Gasteiger partial charge in [0, 0.05) is 23.0 Å². The van der Waals surface area contributed by atoms with E-state index in [1.54, 1.807) is 12.1 Å². The number of aliphatic imine (C=N–C) groups is 1. The van der Waals surface area contributed by atoms with Crippen molar-refractivity contribution in [2.75, 3.05) is 11.8 Å². The van der Waals surface area contributed by atoms with Crippen LogP contribution in [0.4, 0.5) is 16.2 Å². The number of anilines is 1. The first-order valence-electron chi connectivity index (χ1n) is 7.08. The summed E-state index contributed by atoms with van der Waals surface area (Å²) in [7, 11) is -2.78. The van der Waals surface area contributed by atoms with E-state index in [4.69, 9.17) is 15.8 Å². The van der Waals surface area contributed by atoms with Gasteiger partial charge in [0.2, 0.25) is 0 Å². The molecule has 2 aromatic carbocycles. The van der Waals surface area contributed by atoms with E-state index in [1.807, 2.05) is 0 Å². The van der Waals surface area contributed by atoms with Crippen LogP contribution >= 0.6 is 23.5 Å². The molecule has 26 heavy (non-hydrogen) atoms. The van der Waals surface area contributed by atoms with Crippen LogP contribution in [0, 0.1) is 0 Å². The Morgan fingerprint density at radius 3 is 2.81 bits per heavy atom. The summed E-state index contributed by atoms with van der Waals surface area (Å²) in [6.07, 6.45) is -0.644. The van der Waals surface area contributed by atoms with E-state index < -0.39 is 16.2 Å². The van der Waals surface area contributed by atoms with Gasteiger partial charge in [-0.15, -0.1) is 0 Å². The summed E-state index contributed by atoms with van der Waals surface area (Å²) in [5.74, 6) is 0.108. The van der Waals surface area contributed by atoms with E-state index >= 15 is 0 Å². The quantitative estimate of drug-likeness (QED) is 0.585. The van der Waals surface area contributed by atoms with Crippen molar-refractivity contribution >= 4 is 56.3 Å². The molecule has 8 nitrogen and oxygen atoms in total. The lowest BCUT2D eigenvalue weighted by molar-refractivity contribution is 0.177. The highest BCUT2D eigenvalue weighted by Gasteiger charge is 2.20. The molecule has 0 aliphatic carbocycles. The first-order chi connectivity index (χ1) is 12.4. The Morgan fingerprint density at radius 1 is 1.27 bits per heavy atom. The van der Waals surface area contributed by atoms with Crippen LogP contribution in [0.15, 0.2) is 52.4 Å². The Kier molecular flexibility index (Phi) is 5.25. The molecule has 1 aliphatic rings. The number of halogens is 1. The number of ether oxygens (including phenoxy) is 1. The monoisotopic (exact) mass is 413 g/mol. The summed E-state index contributed by atoms with van der Waals surface area (Å²) in [5, 5.41) is 3.02. The molecule has 0 saturated carbocycles. The lowest BCUT2D eigenvalue weighted by Gasteiger charge is -2.17. The molecule has 0 spiro atoms. The Labute approximate surface area is 158 Å². The van der Waals surface area contributed by atoms with Gasteiger partial charge in [0.1, 0.15) is 10.6 Å². The van der Waals surface area contributed by atoms with Gasteiger partial charge in [-0.05, 0) is 30.3 Å². The van der Waals surface area contributed by atoms with E-state index in [1.165, 1.54) is 37.4 Å². The third-order valence-electron chi connectivity index (χ3n) is 3.13. The van der Waals surface area contributed by atoms with Crippen molar-refractivity contribution in [3.8, 4) is 5.75 Å². The molecule has 11 heteroatoms. The van der Waals surface area contributed by atoms with Crippen molar-refractivity contribution in [3.05, 3.63) is 47.5 Å². The topological polar surface area (TPSA) is 106 Å². The zero-order chi connectivity index (χ0) is 18.7. The zero-order valence-corrected chi connectivity index (χ0v) is 15.6. The third kappa shape index (κ3) is 4.21. The van der Waals surface area contributed by atoms with Crippen molar-refractivity contribution in [1.29, 1.82) is 0 Å². The second-order valence-corrected chi connectivity index (χ2v) is 7.69. The molecule has 1 amide bonds. The minimum Gasteiger partial charge on any atom is -0.453 e. The van der Waals surface area contributed by atoms with Crippen LogP contribution in [0.3, 0.4) is 0 Å². The summed E-state index contributed by atoms with van der Waals surface area (Å²) < 4.78 is 37.2. The van der Waals surface area contributed by atoms with Crippen LogP contribution in [-0.2, 0) is 14.9 Å². The van der Waals surface area contributed by atoms with Crippen LogP contribution in [0.1, 0.15) is 0 Å². The lowest BCUT2D eigenvalue weighted by atomic mass is 10.2. The molecular formula is C15H12ClN3O5S2. The molecular weight excluding hydrogens is 402 g/mol. The normalized spacial score (nSPS) is 13.1. The number of nitrogens with one attached hydrogen (secondary N) is 2. The number of alkyl carbamates (subject to hydrolysis) is 1. The number of carbonyl (C=O) groups excluding carboxylic acids is 1. The number of rotatable bonds is 3. The number of benzene rings is 2. The van der Waals surface area contributed by atoms with Gasteiger partial charge in [-0.3, -0.25) is 5.32 Å². The van der Waals surface area contributed by atoms with Crippen molar-refractivity contribution in [2.24, 2.45) is 4.99 Å². The predicted molar refractivity (Wildman–Crippen MR) is 99.6 cm³/mol. The summed E-state index contributed by atoms with van der Waals surface area (Å²) >= 11 is 6.86. The Balaban J connectivity index is 1.81. The molecule has 0 bridgehead atoms. The summed E-state index contributed by atoms with van der Waals surface area (Å²) in [4.78, 5) is 15.4. The molecule has 0 aromatic heterocycles. The number of amidine groups is 1. The lowest BCUT2D eigenvalue weighted by Crippen LogP contribution is -2.29. The molecule has 3 rings (SSSR count). The second-order valence-electron chi connectivity index (χ2n) is 4.91. The standard InChI is InChI=1S/C15H12ClN3O5S2/c1-23-15(20)18-14-17-12-6-5-10(8-13(12)19-25-14)24-26(21,22)11-4-2-3-9(16)7-11/h2-8,19H,1H3,(H,17,18,20). The fourth-order valence-corrected chi connectivity index (χ4v) is 3.84. The highest BCUT2D eigenvalue weighted by atomic mass is 35.5. The van der Waals surface area contributed by atoms with Gasteiger partial charge in [-0.1, -0.05) is 17.7 Å². The maximum atomic E-state index is 12.3. The third-order valence-corrected chi connectivity index (χ3v) is 5.32. The summed E-state index contributed by atoms with van der Waals surface area (Å²) in [6.45, 7) is 0. The molecule has 1 heterocycles. The average molecular weight is 414 g/mol. The minimum absolute atomic E-state index is 0.0485. The Hall–Kier alpha value is -2.43. The molecule has 0 unspecified atom stereocenters. The average Bonchev–Trinajstić information content (AvgIpc) is 2.61. The molecule has 136 valence electrons. The van der Waals surface area contributed by atoms with Crippen molar-refractivity contribution in [2.45, 2.75) is 4.90 Å². The fraction of sp³-hybridized carbons (Fsp3) is 0.0667. The number of nitrogens with zero attached hydrogens (tertiary/aromatic N) is 1. The van der Waals surface area contributed by atoms with Gasteiger partial charge >= 0.3 is 16.2 Å². The van der Waals surface area contributed by atoms with Crippen LogP contribution in [0.25, 0.3) is 0 Å². The van der Waals surface area contributed by atoms with E-state index in [9.17, 15) is 13.2 Å². The number of methoxy groups -OCH3 is 1. The smallest absolute Gasteiger partial charge is 0.412 e. The van der Waals surface area contributed by atoms with Crippen LogP contribution in [-0.4, -0.2) is 26.8 Å². The van der Waals surface area contributed by atoms with E-state index in [2.05, 4.69) is 19.8 Å². The van der Waals surface area contributed by atoms with Crippen LogP contribution in [0.2, 0.25) is 5.02 Å². The molecule has 1 aliphatic heterocycles. The number of hydrogen-bond donors (Lipinski definition) is 2. The van der Waals surface area contributed by atoms with Crippen molar-refractivity contribution < 1.29 is 22.1 Å². The van der Waals surface area contributed by atoms with Crippen molar-refractivity contribution in [3.63, 3.8) is 0 Å². The summed E-state index contributed by atoms with van der Waals surface area (Å²) in [6, 6.07) is 10.3. The number of hydrogen-bond acceptors (Lipinski definition) is 8. The second kappa shape index (κ2) is 7.44. The SMILES string of the molecule is COC(=O)NC1=Nc2ccc(OS(=O)(=O)c3cccc(Cl)c3)cc2NS1. The van der Waals surface area contributed by atoms with Crippen molar-refractivity contribution in [1.82, 2.24) is 5.32 Å². The predicted octanol–water partition coefficient (Wildman–Crippen LogP) is 3.52. The van der Waals surface area contributed by atoms with Gasteiger partial charge in [0.25, 0.3) is 0 Å². The molecule has 0 radical (unpaired) electrons. The van der Waals surface area contributed by atoms with E-state index in [0.717, 1.165) is 11.9 Å². The van der Waals surface area contributed by atoms with Crippen LogP contribution in [0.5, 0.6) is 5.75 Å². The zero-order valence-electron chi connectivity index (χ0n) is 13.2. The van der Waals surface area contributed by atoms with Gasteiger partial charge in [-0.2, -0.15) is 8.42 Å². The largest absolute Gasteiger partial charge is 0.453 e. The molecule has 0 fully saturated rings.